The fourth-order valence-electron chi connectivity index (χ4n) is 18.3. The average Bonchev–Trinajstić information content (AvgIpc) is 0.769. The van der Waals surface area contributed by atoms with Crippen molar-refractivity contribution in [1.82, 2.24) is 13.7 Å². The Hall–Kier alpha value is -14.4. The van der Waals surface area contributed by atoms with Crippen LogP contribution < -0.4 is 31.1 Å². The summed E-state index contributed by atoms with van der Waals surface area (Å²) in [6.07, 6.45) is 0. The molecule has 2 aliphatic heterocycles. The van der Waals surface area contributed by atoms with Gasteiger partial charge in [-0.3, -0.25) is 0 Å². The molecule has 0 aliphatic carbocycles. The van der Waals surface area contributed by atoms with Gasteiger partial charge in [0.05, 0.1) is 73.3 Å². The minimum Gasteiger partial charge on any atom is -0.311 e. The molecule has 0 fully saturated rings. The Morgan fingerprint density at radius 1 is 0.256 bits per heavy atom. The van der Waals surface area contributed by atoms with Gasteiger partial charge in [0.1, 0.15) is 0 Å². The molecule has 2 aliphatic rings. The standard InChI is InChI=1S/C114H91BN6/c1-112(2,3)80-51-61-104-96(66-80)97-67-81(113(4,5)6)52-62-105(97)119(104)89-72-108-110-109(73-89)121(111-94(76-37-19-12-20-38-76)68-82(114(7,8)9)69-95(111)77-39-21-13-22-40-77)107-71-87(118-102-49-31-27-45-92(102)93-46-28-32-50-103(93)118)58-60-99(107)115(110)98-59-57-86(70-106(98)120(108)88-64-78(74-33-15-10-16-34-74)63-79(65-88)75-35-17-11-18-36-75)116(83-41-23-14-24-42-83)84-53-55-85(56-54-84)117-100-47-29-25-43-90(100)91-44-26-30-48-101(91)117/h10-73H,1-9H3/i14D,23D,24D,25D,26D,27D,28D,29D,30D,31D,32D,41D,42D,43D,44D,45D,46D,47D,48D,49D,50D. The van der Waals surface area contributed by atoms with Crippen molar-refractivity contribution < 1.29 is 28.8 Å². The van der Waals surface area contributed by atoms with E-state index in [-0.39, 0.29) is 82.9 Å². The van der Waals surface area contributed by atoms with Crippen molar-refractivity contribution in [3.05, 3.63) is 404 Å². The SMILES string of the molecule is [2H]c1c([2H])c([2H])c(N(c2ccc(-n3c4c([2H])c([2H])c([2H])c([2H])c4c4c([2H])c([2H])c([2H])c([2H])c43)cc2)c2ccc3c(c2)N(c2cc(-c4ccccc4)cc(-c4ccccc4)c2)c2cc(-n4c5ccc(C(C)(C)C)cc5c5cc(C(C)(C)C)ccc54)cc4c2B3c2ccc(-n3c5c([2H])c([2H])c([2H])c([2H])c5c5c([2H])c([2H])c([2H])c([2H])c53)cc2N4c2c(-c3ccccc3)cc(C(C)(C)C)cc2-c2ccccc2)c([2H])c1[2H]. The van der Waals surface area contributed by atoms with E-state index in [1.807, 2.05) is 109 Å². The van der Waals surface area contributed by atoms with Crippen molar-refractivity contribution in [2.75, 3.05) is 14.7 Å². The molecule has 3 aromatic heterocycles. The maximum atomic E-state index is 10.2. The second-order valence-corrected chi connectivity index (χ2v) is 34.6. The maximum absolute atomic E-state index is 10.2. The van der Waals surface area contributed by atoms with Crippen LogP contribution in [-0.4, -0.2) is 20.4 Å². The molecule has 22 rings (SSSR count). The number of hydrogen-bond acceptors (Lipinski definition) is 3. The third kappa shape index (κ3) is 12.1. The van der Waals surface area contributed by atoms with Crippen molar-refractivity contribution in [3.63, 3.8) is 0 Å². The van der Waals surface area contributed by atoms with E-state index < -0.39 is 139 Å². The molecule has 0 bridgehead atoms. The summed E-state index contributed by atoms with van der Waals surface area (Å²) in [5.74, 6) is 0. The Labute approximate surface area is 737 Å². The van der Waals surface area contributed by atoms with Crippen LogP contribution >= 0.6 is 0 Å². The molecule has 0 spiro atoms. The topological polar surface area (TPSA) is 24.5 Å². The van der Waals surface area contributed by atoms with E-state index >= 15 is 0 Å². The molecule has 0 radical (unpaired) electrons. The molecule has 0 amide bonds. The van der Waals surface area contributed by atoms with E-state index in [0.717, 1.165) is 94.2 Å². The molecule has 0 saturated heterocycles. The molecule has 121 heavy (non-hydrogen) atoms. The predicted octanol–water partition coefficient (Wildman–Crippen LogP) is 29.1. The lowest BCUT2D eigenvalue weighted by atomic mass is 9.33. The molecule has 0 saturated carbocycles. The second-order valence-electron chi connectivity index (χ2n) is 34.6. The van der Waals surface area contributed by atoms with Crippen LogP contribution in [0, 0.1) is 0 Å². The molecule has 0 unspecified atom stereocenters. The van der Waals surface area contributed by atoms with Gasteiger partial charge < -0.3 is 28.4 Å². The molecule has 0 atom stereocenters. The van der Waals surface area contributed by atoms with Crippen molar-refractivity contribution in [1.29, 1.82) is 0 Å². The van der Waals surface area contributed by atoms with Gasteiger partial charge in [-0.05, 0) is 234 Å². The zero-order valence-electron chi connectivity index (χ0n) is 89.1. The van der Waals surface area contributed by atoms with Gasteiger partial charge in [0.2, 0.25) is 0 Å². The summed E-state index contributed by atoms with van der Waals surface area (Å²) in [6, 6.07) is 75.8. The number of rotatable bonds is 12. The quantitative estimate of drug-likeness (QED) is 0.114. The summed E-state index contributed by atoms with van der Waals surface area (Å²) >= 11 is 0. The molecule has 6 nitrogen and oxygen atoms in total. The Morgan fingerprint density at radius 3 is 1.12 bits per heavy atom. The van der Waals surface area contributed by atoms with Gasteiger partial charge in [-0.15, -0.1) is 0 Å². The van der Waals surface area contributed by atoms with Crippen LogP contribution in [0.2, 0.25) is 0 Å². The van der Waals surface area contributed by atoms with Crippen molar-refractivity contribution in [3.8, 4) is 61.6 Å². The fraction of sp³-hybridized carbons (Fsp3) is 0.105. The highest BCUT2D eigenvalue weighted by Crippen LogP contribution is 2.55. The van der Waals surface area contributed by atoms with Crippen LogP contribution in [0.1, 0.15) is 108 Å². The first-order chi connectivity index (χ1) is 67.6. The van der Waals surface area contributed by atoms with Crippen LogP contribution in [0.15, 0.2) is 388 Å². The summed E-state index contributed by atoms with van der Waals surface area (Å²) in [5, 5.41) is 1.50. The third-order valence-corrected chi connectivity index (χ3v) is 24.2. The van der Waals surface area contributed by atoms with Gasteiger partial charge in [-0.1, -0.05) is 299 Å². The minimum atomic E-state index is -0.878. The van der Waals surface area contributed by atoms with Gasteiger partial charge in [0.15, 0.2) is 0 Å². The molecule has 20 aromatic rings. The predicted molar refractivity (Wildman–Crippen MR) is 516 cm³/mol. The molecule has 580 valence electrons. The van der Waals surface area contributed by atoms with Crippen LogP contribution in [0.25, 0.3) is 127 Å². The summed E-state index contributed by atoms with van der Waals surface area (Å²) in [4.78, 5) is 6.19. The fourth-order valence-corrected chi connectivity index (χ4v) is 18.3. The minimum absolute atomic E-state index is 0.0872. The van der Waals surface area contributed by atoms with Gasteiger partial charge in [0, 0.05) is 100 Å². The Balaban J connectivity index is 0.932. The lowest BCUT2D eigenvalue weighted by Gasteiger charge is -2.46. The van der Waals surface area contributed by atoms with Crippen LogP contribution in [0.3, 0.4) is 0 Å². The second kappa shape index (κ2) is 28.2. The van der Waals surface area contributed by atoms with Crippen LogP contribution in [-0.2, 0) is 16.2 Å². The summed E-state index contributed by atoms with van der Waals surface area (Å²) in [5.41, 5.74) is 17.5. The summed E-state index contributed by atoms with van der Waals surface area (Å²) < 4.78 is 204. The van der Waals surface area contributed by atoms with Gasteiger partial charge in [-0.2, -0.15) is 0 Å². The summed E-state index contributed by atoms with van der Waals surface area (Å²) in [7, 11) is 0. The molecule has 5 heterocycles. The Bertz CT molecular complexity index is 8500. The number of hydrogen-bond donors (Lipinski definition) is 0. The molecular weight excluding hydrogens is 1460 g/mol. The van der Waals surface area contributed by atoms with E-state index in [4.69, 9.17) is 6.85 Å². The number of fused-ring (bicyclic) bond motifs is 13. The lowest BCUT2D eigenvalue weighted by Crippen LogP contribution is -2.61. The average molecular weight is 1580 g/mol. The van der Waals surface area contributed by atoms with Gasteiger partial charge in [0.25, 0.3) is 6.71 Å². The van der Waals surface area contributed by atoms with Crippen molar-refractivity contribution in [2.24, 2.45) is 0 Å². The van der Waals surface area contributed by atoms with Gasteiger partial charge >= 0.3 is 0 Å². The third-order valence-electron chi connectivity index (χ3n) is 24.2. The van der Waals surface area contributed by atoms with Gasteiger partial charge in [-0.25, -0.2) is 0 Å². The Morgan fingerprint density at radius 2 is 0.645 bits per heavy atom. The molecule has 0 N–H and O–H groups in total. The Kier molecular flexibility index (Phi) is 12.5. The number of aromatic nitrogens is 3. The number of para-hydroxylation sites is 5. The lowest BCUT2D eigenvalue weighted by molar-refractivity contribution is 0.590. The normalized spacial score (nSPS) is 15.2. The van der Waals surface area contributed by atoms with Crippen LogP contribution in [0.5, 0.6) is 0 Å². The highest BCUT2D eigenvalue weighted by atomic mass is 15.2. The highest BCUT2D eigenvalue weighted by molar-refractivity contribution is 7.00. The summed E-state index contributed by atoms with van der Waals surface area (Å²) in [6.45, 7) is 19.0. The van der Waals surface area contributed by atoms with E-state index in [1.54, 1.807) is 33.7 Å². The van der Waals surface area contributed by atoms with E-state index in [9.17, 15) is 21.9 Å². The first kappa shape index (κ1) is 53.8. The molecule has 17 aromatic carbocycles. The van der Waals surface area contributed by atoms with E-state index in [2.05, 4.69) is 204 Å². The molecular formula is C114H91BN6. The zero-order valence-corrected chi connectivity index (χ0v) is 68.1. The molecule has 7 heteroatoms. The van der Waals surface area contributed by atoms with Crippen LogP contribution in [0.4, 0.5) is 51.2 Å². The highest BCUT2D eigenvalue weighted by Gasteiger charge is 2.46. The zero-order chi connectivity index (χ0) is 100. The van der Waals surface area contributed by atoms with E-state index in [1.165, 1.54) is 4.57 Å². The first-order valence-electron chi connectivity index (χ1n) is 51.3. The monoisotopic (exact) mass is 1580 g/mol. The number of benzene rings is 17. The van der Waals surface area contributed by atoms with E-state index in [0.29, 0.717) is 45.0 Å². The smallest absolute Gasteiger partial charge is 0.252 e. The number of nitrogens with zero attached hydrogens (tertiary/aromatic N) is 6. The van der Waals surface area contributed by atoms with Crippen molar-refractivity contribution in [2.45, 2.75) is 78.6 Å². The maximum Gasteiger partial charge on any atom is 0.252 e. The largest absolute Gasteiger partial charge is 0.311 e. The number of anilines is 9. The first-order valence-corrected chi connectivity index (χ1v) is 40.8. The van der Waals surface area contributed by atoms with Crippen molar-refractivity contribution >= 4 is 140 Å².